The molecule has 41 heteroatoms. The number of primary sulfonamides is 1. The number of urea groups is 1. The van der Waals surface area contributed by atoms with Crippen LogP contribution in [0.3, 0.4) is 0 Å². The van der Waals surface area contributed by atoms with Crippen LogP contribution in [0, 0.1) is 25.6 Å². The number of para-hydroxylation sites is 1. The molecule has 0 bridgehead atoms. The Hall–Kier alpha value is -10.5. The summed E-state index contributed by atoms with van der Waals surface area (Å²) in [5, 5.41) is 58.6. The molecule has 22 N–H and O–H groups in total. The highest BCUT2D eigenvalue weighted by Crippen LogP contribution is 2.36. The van der Waals surface area contributed by atoms with E-state index in [4.69, 9.17) is 33.1 Å². The van der Waals surface area contributed by atoms with Gasteiger partial charge in [-0.1, -0.05) is 84.0 Å². The van der Waals surface area contributed by atoms with E-state index >= 15 is 9.18 Å². The number of fused-ring (bicyclic) bond motifs is 1. The number of nitrogens with one attached hydrogen (secondary N) is 10. The lowest BCUT2D eigenvalue weighted by molar-refractivity contribution is -0.136. The van der Waals surface area contributed by atoms with E-state index < -0.39 is 166 Å². The molecule has 6 aromatic rings. The quantitative estimate of drug-likeness (QED) is 0.0193. The molecule has 1 saturated heterocycles. The van der Waals surface area contributed by atoms with Crippen LogP contribution >= 0.6 is 21.6 Å². The smallest absolute Gasteiger partial charge is 0.335 e. The molecule has 0 spiro atoms. The second kappa shape index (κ2) is 43.5. The molecule has 0 saturated carbocycles. The fraction of sp³-hybridized carbons (Fsp3) is 0.467. The van der Waals surface area contributed by atoms with E-state index in [1.807, 2.05) is 32.2 Å². The summed E-state index contributed by atoms with van der Waals surface area (Å²) < 4.78 is 44.0. The third-order valence-electron chi connectivity index (χ3n) is 18.9. The maximum Gasteiger partial charge on any atom is 0.335 e. The maximum absolute atomic E-state index is 16.4. The van der Waals surface area contributed by atoms with Crippen molar-refractivity contribution in [2.24, 2.45) is 41.0 Å². The normalized spacial score (nSPS) is 19.5. The molecule has 1 aliphatic rings. The van der Waals surface area contributed by atoms with Crippen LogP contribution in [0.5, 0.6) is 0 Å². The monoisotopic (exact) mass is 1670 g/mol. The lowest BCUT2D eigenvalue weighted by atomic mass is 10.00. The topological polar surface area (TPSA) is 566 Å². The van der Waals surface area contributed by atoms with Gasteiger partial charge in [-0.05, 0) is 157 Å². The molecule has 4 aromatic carbocycles. The van der Waals surface area contributed by atoms with Gasteiger partial charge in [0.25, 0.3) is 0 Å². The van der Waals surface area contributed by atoms with Crippen LogP contribution in [-0.4, -0.2) is 223 Å². The number of sulfonamides is 1. The number of aliphatic hydroxyl groups excluding tert-OH is 2. The second-order valence-corrected chi connectivity index (χ2v) is 32.3. The van der Waals surface area contributed by atoms with Crippen LogP contribution in [0.4, 0.5) is 38.0 Å². The minimum atomic E-state index is -4.37. The van der Waals surface area contributed by atoms with Crippen LogP contribution in [-0.2, 0) is 77.2 Å². The summed E-state index contributed by atoms with van der Waals surface area (Å²) in [6.45, 7) is 8.02. The first kappa shape index (κ1) is 92.7. The zero-order valence-electron chi connectivity index (χ0n) is 65.9. The lowest BCUT2D eigenvalue weighted by Crippen LogP contribution is -2.61. The molecule has 12 amide bonds. The number of aliphatic hydroxyl groups is 2. The molecular formula is C75H105FN22O15S3. The van der Waals surface area contributed by atoms with Crippen molar-refractivity contribution < 1.29 is 75.8 Å². The number of hydrogen-bond acceptors (Lipinski definition) is 25. The Bertz CT molecular complexity index is 4610. The van der Waals surface area contributed by atoms with E-state index in [9.17, 15) is 66.6 Å². The molecule has 116 heavy (non-hydrogen) atoms. The Labute approximate surface area is 679 Å². The highest BCUT2D eigenvalue weighted by atomic mass is 33.1. The highest BCUT2D eigenvalue weighted by Gasteiger charge is 2.39. The number of anilines is 5. The zero-order valence-corrected chi connectivity index (χ0v) is 68.3. The summed E-state index contributed by atoms with van der Waals surface area (Å²) in [6, 6.07) is 8.86. The molecule has 0 aliphatic carbocycles. The summed E-state index contributed by atoms with van der Waals surface area (Å²) in [5.41, 5.74) is 26.9. The maximum atomic E-state index is 16.4. The zero-order chi connectivity index (χ0) is 85.4. The van der Waals surface area contributed by atoms with Crippen molar-refractivity contribution in [2.45, 2.75) is 164 Å². The number of carbonyl (C=O) groups is 11. The number of rotatable bonds is 30. The Morgan fingerprint density at radius 3 is 1.89 bits per heavy atom. The van der Waals surface area contributed by atoms with Crippen molar-refractivity contribution in [3.63, 3.8) is 0 Å². The van der Waals surface area contributed by atoms with E-state index in [1.165, 1.54) is 64.3 Å². The van der Waals surface area contributed by atoms with Crippen molar-refractivity contribution >= 4 is 136 Å². The van der Waals surface area contributed by atoms with Gasteiger partial charge in [-0.2, -0.15) is 10.1 Å². The van der Waals surface area contributed by atoms with E-state index in [0.29, 0.717) is 22.6 Å². The van der Waals surface area contributed by atoms with Gasteiger partial charge in [-0.3, -0.25) is 57.5 Å². The molecule has 3 heterocycles. The summed E-state index contributed by atoms with van der Waals surface area (Å²) in [6.07, 6.45) is -3.46. The number of hydrogen-bond donors (Lipinski definition) is 17. The van der Waals surface area contributed by atoms with Crippen LogP contribution < -0.4 is 95.9 Å². The van der Waals surface area contributed by atoms with Gasteiger partial charge in [0.15, 0.2) is 0 Å². The van der Waals surface area contributed by atoms with Crippen LogP contribution in [0.1, 0.15) is 88.6 Å². The molecule has 1 aliphatic heterocycles. The summed E-state index contributed by atoms with van der Waals surface area (Å²) in [4.78, 5) is 170. The predicted octanol–water partition coefficient (Wildman–Crippen LogP) is -0.861. The minimum absolute atomic E-state index is 0.0167. The van der Waals surface area contributed by atoms with Crippen molar-refractivity contribution in [1.82, 2.24) is 72.9 Å². The summed E-state index contributed by atoms with van der Waals surface area (Å²) in [7, 11) is 2.46. The number of nitrogens with zero attached hydrogens (tertiary/aromatic N) is 7. The van der Waals surface area contributed by atoms with Gasteiger partial charge in [-0.15, -0.1) is 0 Å². The Balaban J connectivity index is 1.09. The van der Waals surface area contributed by atoms with Gasteiger partial charge in [0, 0.05) is 62.8 Å². The molecule has 1 fully saturated rings. The third kappa shape index (κ3) is 25.5. The Morgan fingerprint density at radius 1 is 0.690 bits per heavy atom. The van der Waals surface area contributed by atoms with Gasteiger partial charge in [0.1, 0.15) is 66.0 Å². The average Bonchev–Trinajstić information content (AvgIpc) is 1.07. The van der Waals surface area contributed by atoms with Crippen LogP contribution in [0.25, 0.3) is 10.9 Å². The number of carbonyl (C=O) groups excluding carboxylic acids is 11. The highest BCUT2D eigenvalue weighted by molar-refractivity contribution is 8.76. The van der Waals surface area contributed by atoms with E-state index in [-0.39, 0.29) is 110 Å². The van der Waals surface area contributed by atoms with Crippen molar-refractivity contribution in [3.05, 3.63) is 125 Å². The fourth-order valence-electron chi connectivity index (χ4n) is 12.5. The number of aryl methyl sites for hydroxylation is 3. The fourth-order valence-corrected chi connectivity index (χ4v) is 15.3. The Morgan fingerprint density at radius 2 is 1.28 bits per heavy atom. The SMILES string of the molecule is Cc1ccc(N(C(=O)N(C)c2c(F)cccc2CSSCC(=O)N[C@H](C(=O)N[C@@H](CCN)C(=O)N[C@H]2CCNC(=O)[C@H]([C@@H](C)O)NC(=O)[C@H](CCN)NC(=O)[C@H](CCN)NC(=O)[C@H](CC(C)C)NC(=O)[C@@H](Cc3ccccc3)NC(=O)[C@H](CCN)NC2=O)[C@@H](C)O)c2nccc(N(C)c3ccc4c(C)n(C)nc4c3)n2)cc1S(N)(=O)=O. The van der Waals surface area contributed by atoms with Crippen molar-refractivity contribution in [1.29, 1.82) is 0 Å². The van der Waals surface area contributed by atoms with Gasteiger partial charge < -0.3 is 91.2 Å². The minimum Gasteiger partial charge on any atom is -0.391 e. The van der Waals surface area contributed by atoms with Crippen molar-refractivity contribution in [2.75, 3.05) is 67.3 Å². The molecule has 0 unspecified atom stereocenters. The molecule has 11 atom stereocenters. The van der Waals surface area contributed by atoms with Gasteiger partial charge >= 0.3 is 6.03 Å². The van der Waals surface area contributed by atoms with E-state index in [1.54, 1.807) is 66.9 Å². The number of halogens is 1. The van der Waals surface area contributed by atoms with Crippen LogP contribution in [0.2, 0.25) is 0 Å². The van der Waals surface area contributed by atoms with Gasteiger partial charge in [0.2, 0.25) is 75.0 Å². The standard InChI is InChI=1S/C75H105FN22O15S3/c1-40(2)34-57-70(107)86-51(22-28-77)65(102)85-54(25-31-80)69(106)93-62(43(5)99)72(109)82-32-26-55(68(105)84-52(23-29-78)67(104)90-58(71(108)89-57)35-45-14-11-10-12-15-45)87-66(103)53(24-30-79)88-73(110)63(44(6)100)92-61(101)39-115-114-38-46-16-13-17-50(76)64(46)96(8)75(111)98(48-19-18-41(3)59(37-48)116(81,112)113)74-83-33-27-60(91-74)95(7)47-20-21-49-42(4)97(9)94-56(49)36-47/h10-21,27,33,36-37,40,43-44,51-55,57-58,62-63,99-100H,22-26,28-32,34-35,38-39,77-80H2,1-9H3,(H,82,109)(H,84,105)(H,85,102)(H,86,107)(H,87,103)(H,88,110)(H,89,108)(H,90,104)(H,92,101)(H,93,106)(H2,81,112,113)/t43-,44-,51+,52+,53+,54+,55+,57+,58-,62+,63+/m1/s1. The Kier molecular flexibility index (Phi) is 34.7. The number of amides is 12. The molecule has 37 nitrogen and oxygen atoms in total. The molecule has 7 rings (SSSR count). The lowest BCUT2D eigenvalue weighted by Gasteiger charge is -2.29. The van der Waals surface area contributed by atoms with E-state index in [0.717, 1.165) is 48.5 Å². The molecule has 0 radical (unpaired) electrons. The first-order valence-corrected chi connectivity index (χ1v) is 41.5. The van der Waals surface area contributed by atoms with Crippen molar-refractivity contribution in [3.8, 4) is 0 Å². The number of benzene rings is 4. The largest absolute Gasteiger partial charge is 0.391 e. The van der Waals surface area contributed by atoms with Crippen LogP contribution in [0.15, 0.2) is 102 Å². The number of nitrogens with two attached hydrogens (primary N) is 5. The first-order chi connectivity index (χ1) is 55.0. The number of aromatic nitrogens is 4. The van der Waals surface area contributed by atoms with E-state index in [2.05, 4.69) is 63.3 Å². The first-order valence-electron chi connectivity index (χ1n) is 37.4. The summed E-state index contributed by atoms with van der Waals surface area (Å²) >= 11 is 0. The molecular weight excluding hydrogens is 1560 g/mol. The molecule has 2 aromatic heterocycles. The third-order valence-corrected chi connectivity index (χ3v) is 22.1. The molecule has 630 valence electrons. The summed E-state index contributed by atoms with van der Waals surface area (Å²) in [5.74, 6) is -11.1. The predicted molar refractivity (Wildman–Crippen MR) is 437 cm³/mol. The average molecular weight is 1670 g/mol. The second-order valence-electron chi connectivity index (χ2n) is 28.3. The van der Waals surface area contributed by atoms with Gasteiger partial charge in [-0.25, -0.2) is 32.6 Å². The van der Waals surface area contributed by atoms with Gasteiger partial charge in [0.05, 0.1) is 39.7 Å².